The average Bonchev–Trinajstić information content (AvgIpc) is 2.38. The van der Waals surface area contributed by atoms with Gasteiger partial charge in [0, 0.05) is 19.1 Å². The Hall–Kier alpha value is -1.55. The number of hydrogen-bond donors (Lipinski definition) is 2. The van der Waals surface area contributed by atoms with E-state index in [9.17, 15) is 4.79 Å². The molecule has 1 atom stereocenters. The summed E-state index contributed by atoms with van der Waals surface area (Å²) < 4.78 is 0. The van der Waals surface area contributed by atoms with Gasteiger partial charge in [0.2, 0.25) is 0 Å². The lowest BCUT2D eigenvalue weighted by atomic mass is 10.1. The van der Waals surface area contributed by atoms with Crippen LogP contribution in [0.25, 0.3) is 0 Å². The van der Waals surface area contributed by atoms with Gasteiger partial charge in [0.1, 0.15) is 0 Å². The van der Waals surface area contributed by atoms with E-state index in [4.69, 9.17) is 5.73 Å². The van der Waals surface area contributed by atoms with Crippen LogP contribution in [-0.2, 0) is 6.54 Å². The van der Waals surface area contributed by atoms with Crippen LogP contribution in [0.2, 0.25) is 0 Å². The van der Waals surface area contributed by atoms with Crippen LogP contribution in [0, 0.1) is 0 Å². The summed E-state index contributed by atoms with van der Waals surface area (Å²) in [5, 5.41) is 3.31. The molecule has 1 aliphatic heterocycles. The van der Waals surface area contributed by atoms with Gasteiger partial charge in [-0.25, -0.2) is 4.79 Å². The van der Waals surface area contributed by atoms with Gasteiger partial charge in [-0.3, -0.25) is 0 Å². The molecule has 1 saturated heterocycles. The number of nitrogens with one attached hydrogen (secondary N) is 1. The molecule has 2 rings (SSSR count). The van der Waals surface area contributed by atoms with E-state index in [0.717, 1.165) is 31.5 Å². The van der Waals surface area contributed by atoms with Crippen LogP contribution < -0.4 is 11.1 Å². The van der Waals surface area contributed by atoms with Crippen LogP contribution >= 0.6 is 0 Å². The van der Waals surface area contributed by atoms with Gasteiger partial charge in [0.05, 0.1) is 0 Å². The van der Waals surface area contributed by atoms with E-state index in [0.29, 0.717) is 6.54 Å². The highest BCUT2D eigenvalue weighted by Gasteiger charge is 2.23. The third-order valence-electron chi connectivity index (χ3n) is 3.19. The number of nitrogens with two attached hydrogens (primary N) is 1. The summed E-state index contributed by atoms with van der Waals surface area (Å²) in [6.07, 6.45) is 2.13. The fraction of sp³-hybridized carbons (Fsp3) is 0.462. The Labute approximate surface area is 102 Å². The maximum atomic E-state index is 11.5. The lowest BCUT2D eigenvalue weighted by Crippen LogP contribution is -2.50. The van der Waals surface area contributed by atoms with Gasteiger partial charge >= 0.3 is 6.03 Å². The molecule has 1 heterocycles. The molecule has 0 aliphatic carbocycles. The minimum atomic E-state index is -0.331. The zero-order valence-corrected chi connectivity index (χ0v) is 9.93. The molecule has 0 radical (unpaired) electrons. The van der Waals surface area contributed by atoms with Crippen molar-refractivity contribution in [2.75, 3.05) is 13.1 Å². The van der Waals surface area contributed by atoms with Gasteiger partial charge in [-0.05, 0) is 24.9 Å². The number of piperidine rings is 1. The second-order valence-electron chi connectivity index (χ2n) is 4.45. The largest absolute Gasteiger partial charge is 0.351 e. The highest BCUT2D eigenvalue weighted by atomic mass is 16.2. The smallest absolute Gasteiger partial charge is 0.315 e. The monoisotopic (exact) mass is 233 g/mol. The van der Waals surface area contributed by atoms with E-state index < -0.39 is 0 Å². The summed E-state index contributed by atoms with van der Waals surface area (Å²) in [4.78, 5) is 13.3. The SMILES string of the molecule is NC(=O)N(Cc1ccccc1)[C@@H]1CCCNC1. The summed E-state index contributed by atoms with van der Waals surface area (Å²) >= 11 is 0. The van der Waals surface area contributed by atoms with Crippen LogP contribution in [0.3, 0.4) is 0 Å². The van der Waals surface area contributed by atoms with Gasteiger partial charge in [-0.2, -0.15) is 0 Å². The normalized spacial score (nSPS) is 19.9. The quantitative estimate of drug-likeness (QED) is 0.827. The van der Waals surface area contributed by atoms with E-state index in [2.05, 4.69) is 5.32 Å². The van der Waals surface area contributed by atoms with Crippen LogP contribution in [0.15, 0.2) is 30.3 Å². The summed E-state index contributed by atoms with van der Waals surface area (Å²) in [5.74, 6) is 0. The molecular weight excluding hydrogens is 214 g/mol. The van der Waals surface area contributed by atoms with E-state index in [1.54, 1.807) is 4.90 Å². The Morgan fingerprint density at radius 3 is 2.76 bits per heavy atom. The van der Waals surface area contributed by atoms with Crippen molar-refractivity contribution in [3.63, 3.8) is 0 Å². The Morgan fingerprint density at radius 1 is 1.41 bits per heavy atom. The summed E-state index contributed by atoms with van der Waals surface area (Å²) in [7, 11) is 0. The van der Waals surface area contributed by atoms with Crippen molar-refractivity contribution < 1.29 is 4.79 Å². The maximum absolute atomic E-state index is 11.5. The number of nitrogens with zero attached hydrogens (tertiary/aromatic N) is 1. The Morgan fingerprint density at radius 2 is 2.18 bits per heavy atom. The molecule has 3 N–H and O–H groups in total. The van der Waals surface area contributed by atoms with Crippen molar-refractivity contribution in [3.8, 4) is 0 Å². The Balaban J connectivity index is 2.04. The van der Waals surface area contributed by atoms with Gasteiger partial charge in [-0.1, -0.05) is 30.3 Å². The third kappa shape index (κ3) is 3.20. The summed E-state index contributed by atoms with van der Waals surface area (Å²) in [6.45, 7) is 2.48. The topological polar surface area (TPSA) is 58.4 Å². The molecule has 4 nitrogen and oxygen atoms in total. The highest BCUT2D eigenvalue weighted by molar-refractivity contribution is 5.72. The fourth-order valence-electron chi connectivity index (χ4n) is 2.27. The Bertz CT molecular complexity index is 360. The standard InChI is InChI=1S/C13H19N3O/c14-13(17)16(12-7-4-8-15-9-12)10-11-5-2-1-3-6-11/h1-3,5-6,12,15H,4,7-10H2,(H2,14,17)/t12-/m1/s1. The number of benzene rings is 1. The van der Waals surface area contributed by atoms with E-state index >= 15 is 0 Å². The van der Waals surface area contributed by atoms with Crippen molar-refractivity contribution in [2.24, 2.45) is 5.73 Å². The predicted octanol–water partition coefficient (Wildman–Crippen LogP) is 1.32. The molecule has 4 heteroatoms. The van der Waals surface area contributed by atoms with Gasteiger partial charge < -0.3 is 16.0 Å². The average molecular weight is 233 g/mol. The zero-order chi connectivity index (χ0) is 12.1. The third-order valence-corrected chi connectivity index (χ3v) is 3.19. The first-order valence-electron chi connectivity index (χ1n) is 6.08. The molecule has 1 aliphatic rings. The van der Waals surface area contributed by atoms with Crippen LogP contribution in [-0.4, -0.2) is 30.1 Å². The van der Waals surface area contributed by atoms with Crippen LogP contribution in [0.4, 0.5) is 4.79 Å². The molecule has 0 saturated carbocycles. The second-order valence-corrected chi connectivity index (χ2v) is 4.45. The van der Waals surface area contributed by atoms with Crippen LogP contribution in [0.5, 0.6) is 0 Å². The Kier molecular flexibility index (Phi) is 3.98. The number of primary amides is 1. The number of rotatable bonds is 3. The van der Waals surface area contributed by atoms with Gasteiger partial charge in [-0.15, -0.1) is 0 Å². The fourth-order valence-corrected chi connectivity index (χ4v) is 2.27. The van der Waals surface area contributed by atoms with Crippen molar-refractivity contribution in [2.45, 2.75) is 25.4 Å². The molecular formula is C13H19N3O. The first-order valence-corrected chi connectivity index (χ1v) is 6.08. The van der Waals surface area contributed by atoms with E-state index in [1.165, 1.54) is 0 Å². The molecule has 1 aromatic rings. The molecule has 0 unspecified atom stereocenters. The lowest BCUT2D eigenvalue weighted by molar-refractivity contribution is 0.165. The molecule has 0 spiro atoms. The number of urea groups is 1. The number of carbonyl (C=O) groups is 1. The lowest BCUT2D eigenvalue weighted by Gasteiger charge is -2.33. The van der Waals surface area contributed by atoms with Gasteiger partial charge in [0.15, 0.2) is 0 Å². The van der Waals surface area contributed by atoms with Crippen molar-refractivity contribution in [1.29, 1.82) is 0 Å². The predicted molar refractivity (Wildman–Crippen MR) is 67.5 cm³/mol. The molecule has 0 aromatic heterocycles. The van der Waals surface area contributed by atoms with Crippen molar-refractivity contribution >= 4 is 6.03 Å². The van der Waals surface area contributed by atoms with E-state index in [-0.39, 0.29) is 12.1 Å². The first-order chi connectivity index (χ1) is 8.27. The highest BCUT2D eigenvalue weighted by Crippen LogP contribution is 2.14. The first kappa shape index (κ1) is 11.9. The molecule has 1 aromatic carbocycles. The summed E-state index contributed by atoms with van der Waals surface area (Å²) in [6, 6.07) is 9.86. The molecule has 1 fully saturated rings. The minimum Gasteiger partial charge on any atom is -0.351 e. The number of hydrogen-bond acceptors (Lipinski definition) is 2. The zero-order valence-electron chi connectivity index (χ0n) is 9.93. The molecule has 92 valence electrons. The van der Waals surface area contributed by atoms with Crippen molar-refractivity contribution in [3.05, 3.63) is 35.9 Å². The number of carbonyl (C=O) groups excluding carboxylic acids is 1. The molecule has 0 bridgehead atoms. The van der Waals surface area contributed by atoms with Crippen LogP contribution in [0.1, 0.15) is 18.4 Å². The maximum Gasteiger partial charge on any atom is 0.315 e. The molecule has 2 amide bonds. The molecule has 17 heavy (non-hydrogen) atoms. The second kappa shape index (κ2) is 5.68. The summed E-state index contributed by atoms with van der Waals surface area (Å²) in [5.41, 5.74) is 6.60. The van der Waals surface area contributed by atoms with E-state index in [1.807, 2.05) is 30.3 Å². The minimum absolute atomic E-state index is 0.224. The van der Waals surface area contributed by atoms with Gasteiger partial charge in [0.25, 0.3) is 0 Å². The number of amides is 2. The van der Waals surface area contributed by atoms with Crippen molar-refractivity contribution in [1.82, 2.24) is 10.2 Å².